The van der Waals surface area contributed by atoms with E-state index in [1.54, 1.807) is 20.8 Å². The molecule has 2 aliphatic rings. The molecule has 1 saturated heterocycles. The van der Waals surface area contributed by atoms with E-state index in [1.807, 2.05) is 0 Å². The maximum atomic E-state index is 12.6. The van der Waals surface area contributed by atoms with Crippen LogP contribution in [-0.4, -0.2) is 35.4 Å². The van der Waals surface area contributed by atoms with E-state index >= 15 is 0 Å². The second-order valence-corrected chi connectivity index (χ2v) is 5.68. The molecule has 1 aliphatic heterocycles. The minimum absolute atomic E-state index is 0.372. The van der Waals surface area contributed by atoms with Crippen molar-refractivity contribution in [1.29, 1.82) is 0 Å². The van der Waals surface area contributed by atoms with Gasteiger partial charge in [0.25, 0.3) is 0 Å². The standard InChI is InChI=1S/C11H16F3NO2/c1-10(2,3)17-9(16)15-5-4-6-7(8(6)15)11(12,13)14/h6-8H,4-5H2,1-3H3/t6?,7-,8?/m1/s1. The zero-order valence-corrected chi connectivity index (χ0v) is 10.0. The van der Waals surface area contributed by atoms with Gasteiger partial charge in [0.1, 0.15) is 5.60 Å². The van der Waals surface area contributed by atoms with Crippen molar-refractivity contribution >= 4 is 6.09 Å². The van der Waals surface area contributed by atoms with E-state index in [4.69, 9.17) is 4.74 Å². The van der Waals surface area contributed by atoms with Crippen LogP contribution in [0.4, 0.5) is 18.0 Å². The summed E-state index contributed by atoms with van der Waals surface area (Å²) in [6, 6.07) is -0.690. The highest BCUT2D eigenvalue weighted by molar-refractivity contribution is 5.70. The van der Waals surface area contributed by atoms with Crippen LogP contribution < -0.4 is 0 Å². The van der Waals surface area contributed by atoms with Crippen molar-refractivity contribution in [3.8, 4) is 0 Å². The van der Waals surface area contributed by atoms with Gasteiger partial charge < -0.3 is 9.64 Å². The predicted molar refractivity (Wildman–Crippen MR) is 54.4 cm³/mol. The molecule has 0 bridgehead atoms. The van der Waals surface area contributed by atoms with Gasteiger partial charge in [-0.1, -0.05) is 0 Å². The number of ether oxygens (including phenoxy) is 1. The average Bonchev–Trinajstić information content (AvgIpc) is 2.65. The number of nitrogens with zero attached hydrogens (tertiary/aromatic N) is 1. The molecule has 0 radical (unpaired) electrons. The maximum absolute atomic E-state index is 12.6. The largest absolute Gasteiger partial charge is 0.444 e. The summed E-state index contributed by atoms with van der Waals surface area (Å²) in [6.45, 7) is 5.47. The number of fused-ring (bicyclic) bond motifs is 1. The molecule has 3 atom stereocenters. The van der Waals surface area contributed by atoms with E-state index in [0.717, 1.165) is 0 Å². The van der Waals surface area contributed by atoms with Gasteiger partial charge in [0.2, 0.25) is 0 Å². The van der Waals surface area contributed by atoms with Crippen molar-refractivity contribution in [3.05, 3.63) is 0 Å². The lowest BCUT2D eigenvalue weighted by Gasteiger charge is -2.26. The molecule has 0 spiro atoms. The lowest BCUT2D eigenvalue weighted by atomic mass is 10.2. The third kappa shape index (κ3) is 2.35. The first-order valence-corrected chi connectivity index (χ1v) is 5.67. The molecule has 2 unspecified atom stereocenters. The summed E-state index contributed by atoms with van der Waals surface area (Å²) in [6.07, 6.45) is -4.40. The summed E-state index contributed by atoms with van der Waals surface area (Å²) in [5.41, 5.74) is -0.669. The first kappa shape index (κ1) is 12.5. The second kappa shape index (κ2) is 3.53. The molecule has 2 rings (SSSR count). The molecule has 6 heteroatoms. The van der Waals surface area contributed by atoms with Crippen molar-refractivity contribution in [2.75, 3.05) is 6.54 Å². The fraction of sp³-hybridized carbons (Fsp3) is 0.909. The highest BCUT2D eigenvalue weighted by Gasteiger charge is 2.69. The molecule has 0 N–H and O–H groups in total. The van der Waals surface area contributed by atoms with Gasteiger partial charge in [-0.2, -0.15) is 13.2 Å². The van der Waals surface area contributed by atoms with Crippen LogP contribution in [-0.2, 0) is 4.74 Å². The molecule has 17 heavy (non-hydrogen) atoms. The number of likely N-dealkylation sites (tertiary alicyclic amines) is 1. The minimum atomic E-state index is -4.20. The van der Waals surface area contributed by atoms with Crippen molar-refractivity contribution in [2.45, 2.75) is 45.0 Å². The Kier molecular flexibility index (Phi) is 2.60. The van der Waals surface area contributed by atoms with Gasteiger partial charge in [-0.3, -0.25) is 0 Å². The molecule has 1 amide bonds. The SMILES string of the molecule is CC(C)(C)OC(=O)N1CCC2C1[C@@H]2C(F)(F)F. The highest BCUT2D eigenvalue weighted by Crippen LogP contribution is 2.58. The van der Waals surface area contributed by atoms with Gasteiger partial charge in [0.05, 0.1) is 12.0 Å². The van der Waals surface area contributed by atoms with Crippen LogP contribution in [0.25, 0.3) is 0 Å². The number of piperidine rings is 1. The fourth-order valence-corrected chi connectivity index (χ4v) is 2.54. The molecule has 0 aromatic carbocycles. The zero-order valence-electron chi connectivity index (χ0n) is 10.0. The zero-order chi connectivity index (χ0) is 13.0. The topological polar surface area (TPSA) is 29.5 Å². The number of hydrogen-bond donors (Lipinski definition) is 0. The van der Waals surface area contributed by atoms with Crippen molar-refractivity contribution < 1.29 is 22.7 Å². The van der Waals surface area contributed by atoms with Crippen LogP contribution in [0.1, 0.15) is 27.2 Å². The molecule has 0 aromatic rings. The van der Waals surface area contributed by atoms with E-state index in [-0.39, 0.29) is 0 Å². The van der Waals surface area contributed by atoms with E-state index in [0.29, 0.717) is 13.0 Å². The van der Waals surface area contributed by atoms with Crippen LogP contribution in [0, 0.1) is 11.8 Å². The van der Waals surface area contributed by atoms with Gasteiger partial charge in [-0.05, 0) is 33.1 Å². The summed E-state index contributed by atoms with van der Waals surface area (Å²) in [5, 5.41) is 0. The summed E-state index contributed by atoms with van der Waals surface area (Å²) in [5.74, 6) is -1.76. The van der Waals surface area contributed by atoms with Crippen LogP contribution in [0.5, 0.6) is 0 Å². The Morgan fingerprint density at radius 1 is 1.29 bits per heavy atom. The van der Waals surface area contributed by atoms with E-state index < -0.39 is 35.7 Å². The molecule has 3 nitrogen and oxygen atoms in total. The quantitative estimate of drug-likeness (QED) is 0.662. The minimum Gasteiger partial charge on any atom is -0.444 e. The number of alkyl halides is 3. The van der Waals surface area contributed by atoms with Gasteiger partial charge >= 0.3 is 12.3 Å². The number of halogens is 3. The molecule has 1 aliphatic carbocycles. The Morgan fingerprint density at radius 2 is 1.88 bits per heavy atom. The monoisotopic (exact) mass is 251 g/mol. The fourth-order valence-electron chi connectivity index (χ4n) is 2.54. The Hall–Kier alpha value is -0.940. The van der Waals surface area contributed by atoms with E-state index in [2.05, 4.69) is 0 Å². The Bertz CT molecular complexity index is 335. The second-order valence-electron chi connectivity index (χ2n) is 5.68. The van der Waals surface area contributed by atoms with Gasteiger partial charge in [0.15, 0.2) is 0 Å². The maximum Gasteiger partial charge on any atom is 0.410 e. The van der Waals surface area contributed by atoms with Crippen molar-refractivity contribution in [1.82, 2.24) is 4.90 Å². The van der Waals surface area contributed by atoms with E-state index in [9.17, 15) is 18.0 Å². The van der Waals surface area contributed by atoms with Crippen LogP contribution in [0.2, 0.25) is 0 Å². The van der Waals surface area contributed by atoms with E-state index in [1.165, 1.54) is 4.90 Å². The van der Waals surface area contributed by atoms with Crippen LogP contribution >= 0.6 is 0 Å². The number of hydrogen-bond acceptors (Lipinski definition) is 2. The first-order valence-electron chi connectivity index (χ1n) is 5.67. The lowest BCUT2D eigenvalue weighted by molar-refractivity contribution is -0.156. The number of amides is 1. The Morgan fingerprint density at radius 3 is 2.29 bits per heavy atom. The number of carbonyl (C=O) groups excluding carboxylic acids is 1. The van der Waals surface area contributed by atoms with Gasteiger partial charge in [0, 0.05) is 6.54 Å². The normalized spacial score (nSPS) is 32.4. The van der Waals surface area contributed by atoms with Gasteiger partial charge in [-0.15, -0.1) is 0 Å². The third-order valence-corrected chi connectivity index (χ3v) is 3.20. The van der Waals surface area contributed by atoms with Crippen molar-refractivity contribution in [3.63, 3.8) is 0 Å². The molecule has 2 fully saturated rings. The smallest absolute Gasteiger partial charge is 0.410 e. The van der Waals surface area contributed by atoms with Crippen LogP contribution in [0.3, 0.4) is 0 Å². The number of carbonyl (C=O) groups is 1. The molecule has 98 valence electrons. The lowest BCUT2D eigenvalue weighted by Crippen LogP contribution is -2.39. The molecular formula is C11H16F3NO2. The summed E-state index contributed by atoms with van der Waals surface area (Å²) in [4.78, 5) is 12.9. The third-order valence-electron chi connectivity index (χ3n) is 3.20. The average molecular weight is 251 g/mol. The predicted octanol–water partition coefficient (Wildman–Crippen LogP) is 2.80. The highest BCUT2D eigenvalue weighted by atomic mass is 19.4. The molecular weight excluding hydrogens is 235 g/mol. The van der Waals surface area contributed by atoms with Crippen molar-refractivity contribution in [2.24, 2.45) is 11.8 Å². The first-order chi connectivity index (χ1) is 7.61. The summed E-state index contributed by atoms with van der Waals surface area (Å²) >= 11 is 0. The molecule has 0 aromatic heterocycles. The van der Waals surface area contributed by atoms with Gasteiger partial charge in [-0.25, -0.2) is 4.79 Å². The Labute approximate surface area is 97.9 Å². The summed E-state index contributed by atoms with van der Waals surface area (Å²) in [7, 11) is 0. The Balaban J connectivity index is 1.99. The molecule has 1 saturated carbocycles. The number of rotatable bonds is 0. The summed E-state index contributed by atoms with van der Waals surface area (Å²) < 4.78 is 42.8. The van der Waals surface area contributed by atoms with Crippen LogP contribution in [0.15, 0.2) is 0 Å². The molecule has 1 heterocycles.